The first kappa shape index (κ1) is 12.4. The third-order valence-corrected chi connectivity index (χ3v) is 2.71. The maximum atomic E-state index is 12.8. The molecule has 0 aromatic heterocycles. The van der Waals surface area contributed by atoms with Crippen LogP contribution < -0.4 is 5.32 Å². The number of anilines is 1. The molecule has 2 N–H and O–H groups in total. The molecule has 0 fully saturated rings. The summed E-state index contributed by atoms with van der Waals surface area (Å²) in [5.41, 5.74) is 1.96. The van der Waals surface area contributed by atoms with Crippen molar-refractivity contribution in [1.29, 1.82) is 0 Å². The van der Waals surface area contributed by atoms with Gasteiger partial charge >= 0.3 is 0 Å². The summed E-state index contributed by atoms with van der Waals surface area (Å²) in [6.45, 7) is 2.05. The SMILES string of the molecule is CC(Cc1ccc(F)cc1)Nc1cccc(O)c1. The van der Waals surface area contributed by atoms with Gasteiger partial charge in [0.15, 0.2) is 0 Å². The summed E-state index contributed by atoms with van der Waals surface area (Å²) in [6.07, 6.45) is 0.802. The van der Waals surface area contributed by atoms with Crippen molar-refractivity contribution < 1.29 is 9.50 Å². The summed E-state index contributed by atoms with van der Waals surface area (Å²) in [7, 11) is 0. The minimum absolute atomic E-state index is 0.206. The summed E-state index contributed by atoms with van der Waals surface area (Å²) in [4.78, 5) is 0. The van der Waals surface area contributed by atoms with Gasteiger partial charge in [0.2, 0.25) is 0 Å². The molecular weight excluding hydrogens is 229 g/mol. The van der Waals surface area contributed by atoms with E-state index in [1.807, 2.05) is 13.0 Å². The van der Waals surface area contributed by atoms with Gasteiger partial charge in [-0.25, -0.2) is 4.39 Å². The van der Waals surface area contributed by atoms with Crippen LogP contribution in [0.15, 0.2) is 48.5 Å². The average Bonchev–Trinajstić information content (AvgIpc) is 2.32. The third kappa shape index (κ3) is 3.48. The van der Waals surface area contributed by atoms with Crippen molar-refractivity contribution in [2.45, 2.75) is 19.4 Å². The van der Waals surface area contributed by atoms with E-state index in [4.69, 9.17) is 0 Å². The Morgan fingerprint density at radius 3 is 2.56 bits per heavy atom. The van der Waals surface area contributed by atoms with Crippen molar-refractivity contribution in [2.24, 2.45) is 0 Å². The zero-order valence-electron chi connectivity index (χ0n) is 10.2. The first-order valence-corrected chi connectivity index (χ1v) is 5.93. The third-order valence-electron chi connectivity index (χ3n) is 2.71. The fraction of sp³-hybridized carbons (Fsp3) is 0.200. The number of rotatable bonds is 4. The molecule has 1 unspecified atom stereocenters. The number of hydrogen-bond donors (Lipinski definition) is 2. The standard InChI is InChI=1S/C15H16FNO/c1-11(9-12-5-7-13(16)8-6-12)17-14-3-2-4-15(18)10-14/h2-8,10-11,17-18H,9H2,1H3. The van der Waals surface area contributed by atoms with Crippen LogP contribution in [0, 0.1) is 5.82 Å². The molecule has 0 radical (unpaired) electrons. The van der Waals surface area contributed by atoms with Gasteiger partial charge in [-0.15, -0.1) is 0 Å². The van der Waals surface area contributed by atoms with Gasteiger partial charge in [0.05, 0.1) is 0 Å². The van der Waals surface area contributed by atoms with E-state index in [9.17, 15) is 9.50 Å². The number of phenols is 1. The lowest BCUT2D eigenvalue weighted by Crippen LogP contribution is -2.17. The van der Waals surface area contributed by atoms with E-state index in [1.165, 1.54) is 12.1 Å². The van der Waals surface area contributed by atoms with Gasteiger partial charge in [-0.05, 0) is 43.2 Å². The highest BCUT2D eigenvalue weighted by molar-refractivity contribution is 5.48. The summed E-state index contributed by atoms with van der Waals surface area (Å²) in [5, 5.41) is 12.7. The predicted molar refractivity (Wildman–Crippen MR) is 71.3 cm³/mol. The first-order chi connectivity index (χ1) is 8.63. The van der Waals surface area contributed by atoms with Crippen molar-refractivity contribution in [1.82, 2.24) is 0 Å². The Hall–Kier alpha value is -2.03. The highest BCUT2D eigenvalue weighted by atomic mass is 19.1. The number of benzene rings is 2. The molecule has 0 spiro atoms. The van der Waals surface area contributed by atoms with Crippen LogP contribution in [-0.4, -0.2) is 11.1 Å². The first-order valence-electron chi connectivity index (χ1n) is 5.93. The molecule has 94 valence electrons. The molecule has 0 aliphatic carbocycles. The van der Waals surface area contributed by atoms with Crippen LogP contribution in [0.25, 0.3) is 0 Å². The molecule has 0 aliphatic rings. The minimum Gasteiger partial charge on any atom is -0.508 e. The average molecular weight is 245 g/mol. The molecule has 0 heterocycles. The summed E-state index contributed by atoms with van der Waals surface area (Å²) >= 11 is 0. The normalized spacial score (nSPS) is 12.1. The van der Waals surface area contributed by atoms with E-state index in [2.05, 4.69) is 5.32 Å². The van der Waals surface area contributed by atoms with Crippen molar-refractivity contribution in [3.63, 3.8) is 0 Å². The molecule has 2 aromatic carbocycles. The van der Waals surface area contributed by atoms with E-state index in [0.29, 0.717) is 0 Å². The lowest BCUT2D eigenvalue weighted by Gasteiger charge is -2.15. The molecule has 2 nitrogen and oxygen atoms in total. The Bertz CT molecular complexity index is 510. The van der Waals surface area contributed by atoms with Gasteiger partial charge < -0.3 is 10.4 Å². The second kappa shape index (κ2) is 5.54. The van der Waals surface area contributed by atoms with Crippen LogP contribution in [0.4, 0.5) is 10.1 Å². The molecule has 0 aliphatic heterocycles. The van der Waals surface area contributed by atoms with Crippen LogP contribution in [-0.2, 0) is 6.42 Å². The smallest absolute Gasteiger partial charge is 0.123 e. The van der Waals surface area contributed by atoms with E-state index in [0.717, 1.165) is 17.7 Å². The minimum atomic E-state index is -0.215. The Balaban J connectivity index is 1.96. The molecule has 0 amide bonds. The Labute approximate surface area is 106 Å². The maximum Gasteiger partial charge on any atom is 0.123 e. The Morgan fingerprint density at radius 2 is 1.89 bits per heavy atom. The zero-order chi connectivity index (χ0) is 13.0. The number of phenolic OH excluding ortho intramolecular Hbond substituents is 1. The fourth-order valence-corrected chi connectivity index (χ4v) is 1.91. The monoisotopic (exact) mass is 245 g/mol. The summed E-state index contributed by atoms with van der Waals surface area (Å²) in [5.74, 6) is 0.0290. The molecule has 2 rings (SSSR count). The van der Waals surface area contributed by atoms with Crippen LogP contribution in [0.1, 0.15) is 12.5 Å². The fourth-order valence-electron chi connectivity index (χ4n) is 1.91. The summed E-state index contributed by atoms with van der Waals surface area (Å²) < 4.78 is 12.8. The Kier molecular flexibility index (Phi) is 3.82. The van der Waals surface area contributed by atoms with E-state index >= 15 is 0 Å². The van der Waals surface area contributed by atoms with Gasteiger partial charge in [0.1, 0.15) is 11.6 Å². The highest BCUT2D eigenvalue weighted by Crippen LogP contribution is 2.17. The molecule has 2 aromatic rings. The highest BCUT2D eigenvalue weighted by Gasteiger charge is 2.04. The maximum absolute atomic E-state index is 12.8. The molecular formula is C15H16FNO. The predicted octanol–water partition coefficient (Wildman–Crippen LogP) is 3.57. The van der Waals surface area contributed by atoms with Crippen LogP contribution in [0.2, 0.25) is 0 Å². The second-order valence-corrected chi connectivity index (χ2v) is 4.43. The molecule has 18 heavy (non-hydrogen) atoms. The molecule has 3 heteroatoms. The van der Waals surface area contributed by atoms with Crippen molar-refractivity contribution in [2.75, 3.05) is 5.32 Å². The van der Waals surface area contributed by atoms with E-state index in [-0.39, 0.29) is 17.6 Å². The molecule has 0 saturated heterocycles. The largest absolute Gasteiger partial charge is 0.508 e. The van der Waals surface area contributed by atoms with E-state index in [1.54, 1.807) is 30.3 Å². The van der Waals surface area contributed by atoms with Crippen LogP contribution >= 0.6 is 0 Å². The number of aromatic hydroxyl groups is 1. The quantitative estimate of drug-likeness (QED) is 0.863. The van der Waals surface area contributed by atoms with Crippen molar-refractivity contribution in [3.8, 4) is 5.75 Å². The van der Waals surface area contributed by atoms with Gasteiger partial charge in [-0.3, -0.25) is 0 Å². The second-order valence-electron chi connectivity index (χ2n) is 4.43. The topological polar surface area (TPSA) is 32.3 Å². The number of hydrogen-bond acceptors (Lipinski definition) is 2. The molecule has 0 bridgehead atoms. The van der Waals surface area contributed by atoms with Crippen LogP contribution in [0.3, 0.4) is 0 Å². The van der Waals surface area contributed by atoms with Crippen molar-refractivity contribution in [3.05, 3.63) is 59.9 Å². The Morgan fingerprint density at radius 1 is 1.17 bits per heavy atom. The van der Waals surface area contributed by atoms with E-state index < -0.39 is 0 Å². The molecule has 1 atom stereocenters. The lowest BCUT2D eigenvalue weighted by atomic mass is 10.1. The summed E-state index contributed by atoms with van der Waals surface area (Å²) in [6, 6.07) is 13.7. The van der Waals surface area contributed by atoms with Crippen LogP contribution in [0.5, 0.6) is 5.75 Å². The van der Waals surface area contributed by atoms with Gasteiger partial charge in [0, 0.05) is 17.8 Å². The van der Waals surface area contributed by atoms with Gasteiger partial charge in [-0.1, -0.05) is 18.2 Å². The number of nitrogens with one attached hydrogen (secondary N) is 1. The van der Waals surface area contributed by atoms with Gasteiger partial charge in [-0.2, -0.15) is 0 Å². The zero-order valence-corrected chi connectivity index (χ0v) is 10.2. The molecule has 0 saturated carbocycles. The lowest BCUT2D eigenvalue weighted by molar-refractivity contribution is 0.475. The van der Waals surface area contributed by atoms with Crippen molar-refractivity contribution >= 4 is 5.69 Å². The number of halogens is 1. The van der Waals surface area contributed by atoms with Gasteiger partial charge in [0.25, 0.3) is 0 Å².